The highest BCUT2D eigenvalue weighted by atomic mass is 16.2. The highest BCUT2D eigenvalue weighted by Gasteiger charge is 2.34. The van der Waals surface area contributed by atoms with Crippen LogP contribution in [-0.4, -0.2) is 58.3 Å². The van der Waals surface area contributed by atoms with Crippen molar-refractivity contribution in [2.24, 2.45) is 13.0 Å². The molecule has 2 heterocycles. The molecule has 0 aromatic carbocycles. The summed E-state index contributed by atoms with van der Waals surface area (Å²) in [5, 5.41) is 7.54. The Hall–Kier alpha value is -1.82. The summed E-state index contributed by atoms with van der Waals surface area (Å²) in [6.07, 6.45) is 14.1. The first-order chi connectivity index (χ1) is 12.6. The minimum absolute atomic E-state index is 0.0418. The maximum absolute atomic E-state index is 12.6. The summed E-state index contributed by atoms with van der Waals surface area (Å²) < 4.78 is 1.88. The van der Waals surface area contributed by atoms with Gasteiger partial charge in [0.25, 0.3) is 0 Å². The molecule has 1 aromatic heterocycles. The van der Waals surface area contributed by atoms with Crippen molar-refractivity contribution >= 4 is 6.03 Å². The van der Waals surface area contributed by atoms with Crippen LogP contribution in [0.4, 0.5) is 4.79 Å². The molecule has 6 heteroatoms. The van der Waals surface area contributed by atoms with Crippen molar-refractivity contribution in [3.05, 3.63) is 30.1 Å². The lowest BCUT2D eigenvalue weighted by Gasteiger charge is -2.42. The molecule has 3 atom stereocenters. The fourth-order valence-corrected chi connectivity index (χ4v) is 4.41. The van der Waals surface area contributed by atoms with Gasteiger partial charge in [-0.15, -0.1) is 0 Å². The topological polar surface area (TPSA) is 53.4 Å². The number of piperidine rings is 1. The molecule has 26 heavy (non-hydrogen) atoms. The van der Waals surface area contributed by atoms with Crippen LogP contribution in [-0.2, 0) is 7.05 Å². The van der Waals surface area contributed by atoms with Crippen molar-refractivity contribution in [2.75, 3.05) is 26.7 Å². The molecule has 144 valence electrons. The Bertz CT molecular complexity index is 625. The molecular weight excluding hydrogens is 326 g/mol. The van der Waals surface area contributed by atoms with Crippen molar-refractivity contribution in [3.63, 3.8) is 0 Å². The van der Waals surface area contributed by atoms with Gasteiger partial charge in [-0.2, -0.15) is 5.10 Å². The van der Waals surface area contributed by atoms with Crippen LogP contribution in [0.2, 0.25) is 0 Å². The van der Waals surface area contributed by atoms with Gasteiger partial charge < -0.3 is 10.2 Å². The molecule has 1 aliphatic heterocycles. The summed E-state index contributed by atoms with van der Waals surface area (Å²) in [6.45, 7) is 5.14. The van der Waals surface area contributed by atoms with Gasteiger partial charge in [0.05, 0.1) is 6.20 Å². The lowest BCUT2D eigenvalue weighted by Crippen LogP contribution is -2.48. The lowest BCUT2D eigenvalue weighted by atomic mass is 9.85. The highest BCUT2D eigenvalue weighted by Crippen LogP contribution is 2.36. The predicted molar refractivity (Wildman–Crippen MR) is 104 cm³/mol. The second kappa shape index (κ2) is 8.71. The Kier molecular flexibility index (Phi) is 6.35. The number of likely N-dealkylation sites (tertiary alicyclic amines) is 1. The van der Waals surface area contributed by atoms with Crippen LogP contribution in [0.1, 0.15) is 50.6 Å². The van der Waals surface area contributed by atoms with Gasteiger partial charge in [-0.3, -0.25) is 9.58 Å². The van der Waals surface area contributed by atoms with Crippen molar-refractivity contribution in [1.82, 2.24) is 24.9 Å². The Morgan fingerprint density at radius 2 is 2.23 bits per heavy atom. The maximum Gasteiger partial charge on any atom is 0.317 e. The SMILES string of the molecule is CCN1CCC[C@@H](CN(C)C(=O)N[C@@H]2C=CCCC2)[C@@H]1c1cnn(C)c1. The zero-order valence-corrected chi connectivity index (χ0v) is 16.4. The molecule has 1 aliphatic carbocycles. The van der Waals surface area contributed by atoms with E-state index in [2.05, 4.69) is 40.6 Å². The van der Waals surface area contributed by atoms with Gasteiger partial charge in [-0.05, 0) is 51.1 Å². The second-order valence-corrected chi connectivity index (χ2v) is 7.72. The minimum atomic E-state index is 0.0418. The van der Waals surface area contributed by atoms with Crippen LogP contribution in [0.3, 0.4) is 0 Å². The van der Waals surface area contributed by atoms with Crippen LogP contribution in [0.5, 0.6) is 0 Å². The molecule has 2 amide bonds. The number of nitrogens with one attached hydrogen (secondary N) is 1. The Morgan fingerprint density at radius 1 is 1.38 bits per heavy atom. The monoisotopic (exact) mass is 359 g/mol. The van der Waals surface area contributed by atoms with Crippen molar-refractivity contribution in [1.29, 1.82) is 0 Å². The van der Waals surface area contributed by atoms with E-state index in [9.17, 15) is 4.79 Å². The number of aromatic nitrogens is 2. The van der Waals surface area contributed by atoms with E-state index < -0.39 is 0 Å². The molecule has 0 unspecified atom stereocenters. The number of rotatable bonds is 5. The summed E-state index contributed by atoms with van der Waals surface area (Å²) in [6, 6.07) is 0.568. The Labute approximate surface area is 157 Å². The van der Waals surface area contributed by atoms with Gasteiger partial charge in [0.1, 0.15) is 0 Å². The van der Waals surface area contributed by atoms with E-state index in [1.165, 1.54) is 12.0 Å². The number of carbonyl (C=O) groups is 1. The van der Waals surface area contributed by atoms with Gasteiger partial charge in [-0.25, -0.2) is 4.79 Å². The molecule has 1 fully saturated rings. The van der Waals surface area contributed by atoms with Crippen molar-refractivity contribution in [2.45, 2.75) is 51.1 Å². The largest absolute Gasteiger partial charge is 0.332 e. The number of hydrogen-bond acceptors (Lipinski definition) is 3. The number of aryl methyl sites for hydroxylation is 1. The number of allylic oxidation sites excluding steroid dienone is 1. The fraction of sp³-hybridized carbons (Fsp3) is 0.700. The van der Waals surface area contributed by atoms with E-state index in [0.29, 0.717) is 12.0 Å². The molecule has 0 spiro atoms. The first-order valence-corrected chi connectivity index (χ1v) is 9.99. The van der Waals surface area contributed by atoms with Gasteiger partial charge in [0, 0.05) is 44.5 Å². The highest BCUT2D eigenvalue weighted by molar-refractivity contribution is 5.74. The van der Waals surface area contributed by atoms with Crippen LogP contribution in [0.15, 0.2) is 24.5 Å². The lowest BCUT2D eigenvalue weighted by molar-refractivity contribution is 0.0812. The van der Waals surface area contributed by atoms with E-state index in [1.807, 2.05) is 29.9 Å². The third-order valence-corrected chi connectivity index (χ3v) is 5.75. The normalized spacial score (nSPS) is 26.7. The number of amides is 2. The van der Waals surface area contributed by atoms with Gasteiger partial charge in [0.2, 0.25) is 0 Å². The average molecular weight is 360 g/mol. The average Bonchev–Trinajstić information content (AvgIpc) is 3.08. The molecule has 0 saturated carbocycles. The number of carbonyl (C=O) groups excluding carboxylic acids is 1. The van der Waals surface area contributed by atoms with Crippen LogP contribution >= 0.6 is 0 Å². The summed E-state index contributed by atoms with van der Waals surface area (Å²) in [5.41, 5.74) is 1.27. The molecule has 3 rings (SSSR count). The number of nitrogens with zero attached hydrogens (tertiary/aromatic N) is 4. The zero-order chi connectivity index (χ0) is 18.5. The van der Waals surface area contributed by atoms with Crippen LogP contribution in [0, 0.1) is 5.92 Å². The molecular formula is C20H33N5O. The Balaban J connectivity index is 1.66. The summed E-state index contributed by atoms with van der Waals surface area (Å²) in [5.74, 6) is 0.436. The Morgan fingerprint density at radius 3 is 2.88 bits per heavy atom. The molecule has 1 saturated heterocycles. The van der Waals surface area contributed by atoms with Crippen LogP contribution < -0.4 is 5.32 Å². The molecule has 2 aliphatic rings. The van der Waals surface area contributed by atoms with E-state index in [1.54, 1.807) is 0 Å². The summed E-state index contributed by atoms with van der Waals surface area (Å²) in [7, 11) is 3.89. The molecule has 0 bridgehead atoms. The first kappa shape index (κ1) is 19.0. The van der Waals surface area contributed by atoms with E-state index >= 15 is 0 Å². The van der Waals surface area contributed by atoms with E-state index in [4.69, 9.17) is 0 Å². The van der Waals surface area contributed by atoms with Gasteiger partial charge in [0.15, 0.2) is 0 Å². The number of urea groups is 1. The smallest absolute Gasteiger partial charge is 0.317 e. The maximum atomic E-state index is 12.6. The van der Waals surface area contributed by atoms with Crippen LogP contribution in [0.25, 0.3) is 0 Å². The van der Waals surface area contributed by atoms with Crippen molar-refractivity contribution < 1.29 is 4.79 Å². The summed E-state index contributed by atoms with van der Waals surface area (Å²) in [4.78, 5) is 17.0. The predicted octanol–water partition coefficient (Wildman–Crippen LogP) is 2.94. The minimum Gasteiger partial charge on any atom is -0.332 e. The molecule has 1 aromatic rings. The number of hydrogen-bond donors (Lipinski definition) is 1. The fourth-order valence-electron chi connectivity index (χ4n) is 4.41. The van der Waals surface area contributed by atoms with Gasteiger partial charge in [-0.1, -0.05) is 19.1 Å². The van der Waals surface area contributed by atoms with Crippen molar-refractivity contribution in [3.8, 4) is 0 Å². The summed E-state index contributed by atoms with van der Waals surface area (Å²) >= 11 is 0. The first-order valence-electron chi connectivity index (χ1n) is 9.99. The van der Waals surface area contributed by atoms with E-state index in [0.717, 1.165) is 45.3 Å². The second-order valence-electron chi connectivity index (χ2n) is 7.72. The van der Waals surface area contributed by atoms with E-state index in [-0.39, 0.29) is 12.1 Å². The zero-order valence-electron chi connectivity index (χ0n) is 16.4. The molecule has 6 nitrogen and oxygen atoms in total. The third kappa shape index (κ3) is 4.47. The molecule has 0 radical (unpaired) electrons. The quantitative estimate of drug-likeness (QED) is 0.823. The standard InChI is InChI=1S/C20H33N5O/c1-4-25-12-8-9-16(19(25)17-13-21-24(3)15-17)14-23(2)20(26)22-18-10-6-5-7-11-18/h6,10,13,15-16,18-19H,4-5,7-9,11-12,14H2,1-3H3,(H,22,26)/t16-,18+,19+/m0/s1. The molecule has 1 N–H and O–H groups in total. The third-order valence-electron chi connectivity index (χ3n) is 5.75. The van der Waals surface area contributed by atoms with Gasteiger partial charge >= 0.3 is 6.03 Å².